The fourth-order valence-corrected chi connectivity index (χ4v) is 13.2. The van der Waals surface area contributed by atoms with Crippen LogP contribution in [0, 0.1) is 3.57 Å². The number of aromatic nitrogens is 1. The van der Waals surface area contributed by atoms with Gasteiger partial charge in [0.25, 0.3) is 11.8 Å². The SMILES string of the molecule is NC(=O)CN1CCN(CC(N)=O)CCN(CC(N)=O)C(Cc2ccc(NC(=S)NCCCC[C@H](NC(=O)CCOCCOCCOCCNC(=O)COc3ccc4c(C(=O)NCC(=O)N5CCC[C@H]5B(O)O)ccnc4c3)C(=O)N[C@@H](CCCCNC(=O)CCCc3ccc(I)cc3)C(=O)O)cc2)CN(CC(N)=O)CC1. The molecule has 1 unspecified atom stereocenters. The standard InChI is InChI=1S/C73H107BIN17O18S/c75-52-16-12-50(13-17-52)7-5-11-66(97)81-24-3-2-9-59(72(103)104)87-71(102)58(8-1-4-25-83-73(111)85-53-18-14-51(15-19-53)41-54-44-90(47-64(78)95)32-31-88(45-62(76)93)29-30-89(46-63(77)94)33-34-91(54)48-65(79)96)86-67(98)23-35-107-37-39-109-40-38-108-36-27-82-68(99)49-110-55-20-21-56-57(22-26-80-60(56)42-55)70(101)84-43-69(100)92-28-6-10-61(92)74(105)106/h12-22,26,42,54,58-59,61,105-106H,1-11,23-25,27-41,43-49H2,(H2,76,93)(H2,77,94)(H2,78,95)(H2,79,96)(H,81,97)(H,82,99)(H,84,101)(H,86,98)(H,87,102)(H,103,104)(H2,83,85,111)/t54?,58-,59-,61-/m0/s1. The molecule has 0 bridgehead atoms. The second kappa shape index (κ2) is 50.2. The quantitative estimate of drug-likeness (QED) is 0.00994. The predicted octanol–water partition coefficient (Wildman–Crippen LogP) is -1.90. The summed E-state index contributed by atoms with van der Waals surface area (Å²) in [6.07, 6.45) is 6.52. The van der Waals surface area contributed by atoms with Gasteiger partial charge in [0.15, 0.2) is 11.7 Å². The number of pyridine rings is 1. The molecule has 18 N–H and O–H groups in total. The molecule has 2 fully saturated rings. The van der Waals surface area contributed by atoms with Crippen molar-refractivity contribution in [2.45, 2.75) is 108 Å². The zero-order valence-corrected chi connectivity index (χ0v) is 65.6. The Kier molecular flexibility index (Phi) is 41.2. The maximum atomic E-state index is 13.9. The van der Waals surface area contributed by atoms with Crippen molar-refractivity contribution in [1.82, 2.24) is 61.4 Å². The summed E-state index contributed by atoms with van der Waals surface area (Å²) in [5, 5.41) is 50.1. The number of aliphatic carboxylic acids is 1. The van der Waals surface area contributed by atoms with Crippen molar-refractivity contribution in [2.75, 3.05) is 156 Å². The predicted molar refractivity (Wildman–Crippen MR) is 425 cm³/mol. The number of nitrogens with zero attached hydrogens (tertiary/aromatic N) is 6. The van der Waals surface area contributed by atoms with Crippen LogP contribution in [-0.4, -0.2) is 297 Å². The van der Waals surface area contributed by atoms with Crippen LogP contribution in [0.25, 0.3) is 10.9 Å². The van der Waals surface area contributed by atoms with Gasteiger partial charge in [-0.05, 0) is 159 Å². The first-order valence-corrected chi connectivity index (χ1v) is 38.7. The van der Waals surface area contributed by atoms with Crippen LogP contribution in [0.3, 0.4) is 0 Å². The summed E-state index contributed by atoms with van der Waals surface area (Å²) in [7, 11) is -1.67. The molecule has 3 aromatic carbocycles. The van der Waals surface area contributed by atoms with Crippen molar-refractivity contribution in [3.8, 4) is 5.75 Å². The van der Waals surface area contributed by atoms with Crippen molar-refractivity contribution >= 4 is 129 Å². The first-order valence-electron chi connectivity index (χ1n) is 37.3. The number of benzene rings is 3. The van der Waals surface area contributed by atoms with E-state index in [1.54, 1.807) is 18.2 Å². The number of aryl methyl sites for hydroxylation is 1. The van der Waals surface area contributed by atoms with Gasteiger partial charge < -0.3 is 99.2 Å². The molecule has 3 heterocycles. The number of carbonyl (C=O) groups excluding carboxylic acids is 10. The zero-order chi connectivity index (χ0) is 80.5. The van der Waals surface area contributed by atoms with Crippen LogP contribution < -0.4 is 64.9 Å². The van der Waals surface area contributed by atoms with Crippen LogP contribution in [-0.2, 0) is 75.0 Å². The average molecular weight is 1680 g/mol. The third-order valence-electron chi connectivity index (χ3n) is 18.3. The van der Waals surface area contributed by atoms with Gasteiger partial charge in [0.05, 0.1) is 89.4 Å². The van der Waals surface area contributed by atoms with E-state index < -0.39 is 84.3 Å². The van der Waals surface area contributed by atoms with Gasteiger partial charge in [-0.25, -0.2) is 4.79 Å². The lowest BCUT2D eigenvalue weighted by atomic mass is 9.78. The van der Waals surface area contributed by atoms with Crippen LogP contribution in [0.4, 0.5) is 5.69 Å². The van der Waals surface area contributed by atoms with Crippen LogP contribution in [0.1, 0.15) is 92.1 Å². The molecule has 35 nitrogen and oxygen atoms in total. The number of ether oxygens (including phenoxy) is 4. The highest BCUT2D eigenvalue weighted by atomic mass is 127. The molecule has 0 aliphatic carbocycles. The van der Waals surface area contributed by atoms with Crippen molar-refractivity contribution in [2.24, 2.45) is 22.9 Å². The number of hydrogen-bond acceptors (Lipinski definition) is 23. The van der Waals surface area contributed by atoms with Crippen LogP contribution in [0.5, 0.6) is 5.75 Å². The fourth-order valence-electron chi connectivity index (χ4n) is 12.6. The topological polar surface area (TPSA) is 503 Å². The summed E-state index contributed by atoms with van der Waals surface area (Å²) in [4.78, 5) is 153. The van der Waals surface area contributed by atoms with Crippen molar-refractivity contribution < 1.29 is 86.8 Å². The van der Waals surface area contributed by atoms with Crippen molar-refractivity contribution in [3.63, 3.8) is 0 Å². The van der Waals surface area contributed by atoms with Gasteiger partial charge in [-0.2, -0.15) is 0 Å². The molecule has 2 saturated heterocycles. The molecule has 10 amide bonds. The molecule has 2 aliphatic rings. The number of fused-ring (bicyclic) bond motifs is 1. The summed E-state index contributed by atoms with van der Waals surface area (Å²) in [5.74, 6) is -6.52. The number of unbranched alkanes of at least 4 members (excludes halogenated alkanes) is 2. The maximum Gasteiger partial charge on any atom is 0.475 e. The highest BCUT2D eigenvalue weighted by Crippen LogP contribution is 2.24. The number of carboxylic acids is 1. The highest BCUT2D eigenvalue weighted by molar-refractivity contribution is 14.1. The lowest BCUT2D eigenvalue weighted by Crippen LogP contribution is -2.54. The van der Waals surface area contributed by atoms with E-state index in [0.29, 0.717) is 144 Å². The van der Waals surface area contributed by atoms with E-state index in [1.807, 2.05) is 68.1 Å². The van der Waals surface area contributed by atoms with Crippen LogP contribution >= 0.6 is 34.8 Å². The number of halogens is 1. The monoisotopic (exact) mass is 1680 g/mol. The van der Waals surface area contributed by atoms with Gasteiger partial charge in [-0.1, -0.05) is 24.3 Å². The van der Waals surface area contributed by atoms with Gasteiger partial charge in [0, 0.05) is 118 Å². The van der Waals surface area contributed by atoms with Crippen LogP contribution in [0.2, 0.25) is 0 Å². The molecule has 0 saturated carbocycles. The molecule has 4 atom stereocenters. The van der Waals surface area contributed by atoms with E-state index in [4.69, 9.17) is 54.1 Å². The number of amides is 10. The molecule has 2 aliphatic heterocycles. The number of nitrogens with one attached hydrogen (secondary N) is 7. The maximum absolute atomic E-state index is 13.9. The van der Waals surface area contributed by atoms with E-state index in [-0.39, 0.29) is 129 Å². The minimum Gasteiger partial charge on any atom is -0.484 e. The highest BCUT2D eigenvalue weighted by Gasteiger charge is 2.37. The third-order valence-corrected chi connectivity index (χ3v) is 19.3. The van der Waals surface area contributed by atoms with Gasteiger partial charge in [-0.3, -0.25) is 72.5 Å². The Bertz CT molecular complexity index is 3690. The fraction of sp³-hybridized carbons (Fsp3) is 0.548. The first-order chi connectivity index (χ1) is 53.3. The Morgan fingerprint density at radius 3 is 1.85 bits per heavy atom. The number of rotatable bonds is 48. The second-order valence-corrected chi connectivity index (χ2v) is 28.7. The summed E-state index contributed by atoms with van der Waals surface area (Å²) >= 11 is 7.88. The summed E-state index contributed by atoms with van der Waals surface area (Å²) < 4.78 is 23.6. The van der Waals surface area contributed by atoms with E-state index in [1.165, 1.54) is 17.2 Å². The van der Waals surface area contributed by atoms with Gasteiger partial charge in [0.1, 0.15) is 17.8 Å². The molecular weight excluding hydrogens is 1570 g/mol. The Balaban J connectivity index is 0.917. The average Bonchev–Trinajstić information content (AvgIpc) is 1.22. The van der Waals surface area contributed by atoms with E-state index in [0.717, 1.165) is 21.1 Å². The smallest absolute Gasteiger partial charge is 0.475 e. The number of thiocarbonyl (C=S) groups is 1. The molecule has 4 aromatic rings. The second-order valence-electron chi connectivity index (χ2n) is 27.1. The molecule has 0 radical (unpaired) electrons. The molecule has 0 spiro atoms. The van der Waals surface area contributed by atoms with E-state index in [2.05, 4.69) is 64.8 Å². The normalized spacial score (nSPS) is 15.9. The number of anilines is 1. The Morgan fingerprint density at radius 1 is 0.604 bits per heavy atom. The Morgan fingerprint density at radius 2 is 1.20 bits per heavy atom. The first kappa shape index (κ1) is 91.0. The molecule has 608 valence electrons. The van der Waals surface area contributed by atoms with E-state index in [9.17, 15) is 67.9 Å². The van der Waals surface area contributed by atoms with Gasteiger partial charge in [-0.15, -0.1) is 0 Å². The lowest BCUT2D eigenvalue weighted by molar-refractivity contribution is -0.142. The largest absolute Gasteiger partial charge is 0.484 e. The number of nitrogens with two attached hydrogens (primary N) is 4. The Hall–Kier alpha value is -8.84. The number of carboxylic acid groups (broad SMARTS) is 1. The Labute approximate surface area is 665 Å². The zero-order valence-electron chi connectivity index (χ0n) is 62.6. The summed E-state index contributed by atoms with van der Waals surface area (Å²) in [5.41, 5.74) is 26.0. The van der Waals surface area contributed by atoms with E-state index >= 15 is 0 Å². The number of likely N-dealkylation sites (tertiary alicyclic amines) is 1. The minimum atomic E-state index is -1.67. The summed E-state index contributed by atoms with van der Waals surface area (Å²) in [6, 6.07) is 19.1. The molecule has 1 aromatic heterocycles. The number of hydrogen-bond donors (Lipinski definition) is 14. The van der Waals surface area contributed by atoms with Crippen molar-refractivity contribution in [1.29, 1.82) is 0 Å². The van der Waals surface area contributed by atoms with Crippen molar-refractivity contribution in [3.05, 3.63) is 99.3 Å². The van der Waals surface area contributed by atoms with Gasteiger partial charge >= 0.3 is 13.1 Å². The number of carbonyl (C=O) groups is 11. The van der Waals surface area contributed by atoms with Crippen LogP contribution in [0.15, 0.2) is 79.0 Å². The molecule has 111 heavy (non-hydrogen) atoms. The van der Waals surface area contributed by atoms with Gasteiger partial charge in [0.2, 0.25) is 47.3 Å². The number of primary amides is 4. The lowest BCUT2D eigenvalue weighted by Gasteiger charge is -2.38. The third kappa shape index (κ3) is 36.0. The molecule has 6 rings (SSSR count). The molecule has 38 heteroatoms. The molecular formula is C73H107BIN17O18S. The minimum absolute atomic E-state index is 0.0160. The summed E-state index contributed by atoms with van der Waals surface area (Å²) in [6.45, 7) is 3.51.